The molecule has 0 aromatic heterocycles. The molecule has 6 nitrogen and oxygen atoms in total. The van der Waals surface area contributed by atoms with E-state index in [2.05, 4.69) is 5.32 Å². The number of ether oxygens (including phenoxy) is 3. The number of benzene rings is 2. The Morgan fingerprint density at radius 2 is 1.88 bits per heavy atom. The first-order valence-electron chi connectivity index (χ1n) is 8.57. The van der Waals surface area contributed by atoms with E-state index in [1.807, 2.05) is 56.3 Å². The van der Waals surface area contributed by atoms with Crippen LogP contribution in [0.25, 0.3) is 0 Å². The van der Waals surface area contributed by atoms with Gasteiger partial charge in [0.15, 0.2) is 11.5 Å². The predicted octanol–water partition coefficient (Wildman–Crippen LogP) is 3.35. The third kappa shape index (κ3) is 5.88. The van der Waals surface area contributed by atoms with Crippen LogP contribution in [-0.2, 0) is 11.3 Å². The molecule has 0 radical (unpaired) electrons. The van der Waals surface area contributed by atoms with Gasteiger partial charge in [-0.05, 0) is 43.7 Å². The summed E-state index contributed by atoms with van der Waals surface area (Å²) in [4.78, 5) is 10.8. The van der Waals surface area contributed by atoms with Crippen LogP contribution in [-0.4, -0.2) is 25.7 Å². The highest BCUT2D eigenvalue weighted by Gasteiger charge is 2.09. The number of nitrogens with two attached hydrogens (primary N) is 1. The van der Waals surface area contributed by atoms with Gasteiger partial charge in [0.1, 0.15) is 5.75 Å². The average Bonchev–Trinajstić information content (AvgIpc) is 2.61. The van der Waals surface area contributed by atoms with Crippen LogP contribution in [0.1, 0.15) is 25.8 Å². The Bertz CT molecular complexity index is 732. The fraction of sp³-hybridized carbons (Fsp3) is 0.350. The van der Waals surface area contributed by atoms with Crippen LogP contribution in [0.2, 0.25) is 0 Å². The summed E-state index contributed by atoms with van der Waals surface area (Å²) in [5.41, 5.74) is 7.03. The van der Waals surface area contributed by atoms with E-state index in [1.165, 1.54) is 0 Å². The molecule has 2 aromatic carbocycles. The van der Waals surface area contributed by atoms with Crippen molar-refractivity contribution in [2.75, 3.05) is 19.0 Å². The van der Waals surface area contributed by atoms with E-state index < -0.39 is 0 Å². The predicted molar refractivity (Wildman–Crippen MR) is 102 cm³/mol. The van der Waals surface area contributed by atoms with Crippen LogP contribution in [0, 0.1) is 0 Å². The van der Waals surface area contributed by atoms with Gasteiger partial charge < -0.3 is 25.3 Å². The number of rotatable bonds is 10. The highest BCUT2D eigenvalue weighted by atomic mass is 16.5. The lowest BCUT2D eigenvalue weighted by atomic mass is 10.2. The molecule has 0 aliphatic rings. The second kappa shape index (κ2) is 9.56. The van der Waals surface area contributed by atoms with E-state index in [1.54, 1.807) is 7.11 Å². The quantitative estimate of drug-likeness (QED) is 0.680. The molecule has 0 aliphatic heterocycles. The van der Waals surface area contributed by atoms with Gasteiger partial charge in [-0.15, -0.1) is 0 Å². The van der Waals surface area contributed by atoms with Crippen LogP contribution < -0.4 is 25.3 Å². The summed E-state index contributed by atoms with van der Waals surface area (Å²) < 4.78 is 16.8. The smallest absolute Gasteiger partial charge is 0.220 e. The maximum absolute atomic E-state index is 10.8. The first-order valence-corrected chi connectivity index (χ1v) is 8.57. The molecule has 0 spiro atoms. The number of hydrogen-bond acceptors (Lipinski definition) is 5. The lowest BCUT2D eigenvalue weighted by Crippen LogP contribution is -2.15. The van der Waals surface area contributed by atoms with Crippen molar-refractivity contribution in [3.05, 3.63) is 48.0 Å². The second-order valence-electron chi connectivity index (χ2n) is 6.07. The molecule has 0 fully saturated rings. The molecule has 2 rings (SSSR count). The Morgan fingerprint density at radius 1 is 1.12 bits per heavy atom. The van der Waals surface area contributed by atoms with Crippen LogP contribution in [0.3, 0.4) is 0 Å². The van der Waals surface area contributed by atoms with Gasteiger partial charge in [-0.3, -0.25) is 4.79 Å². The highest BCUT2D eigenvalue weighted by Crippen LogP contribution is 2.30. The van der Waals surface area contributed by atoms with Crippen molar-refractivity contribution in [1.82, 2.24) is 0 Å². The lowest BCUT2D eigenvalue weighted by molar-refractivity contribution is -0.118. The van der Waals surface area contributed by atoms with Gasteiger partial charge in [-0.2, -0.15) is 0 Å². The van der Waals surface area contributed by atoms with Gasteiger partial charge in [-0.1, -0.05) is 18.2 Å². The van der Waals surface area contributed by atoms with Crippen molar-refractivity contribution >= 4 is 11.6 Å². The van der Waals surface area contributed by atoms with Gasteiger partial charge in [0.05, 0.1) is 31.9 Å². The Labute approximate surface area is 154 Å². The minimum absolute atomic E-state index is 0.0808. The van der Waals surface area contributed by atoms with E-state index in [4.69, 9.17) is 19.9 Å². The van der Waals surface area contributed by atoms with Gasteiger partial charge in [0.2, 0.25) is 5.91 Å². The Kier molecular flexibility index (Phi) is 7.14. The molecule has 1 amide bonds. The molecular weight excluding hydrogens is 332 g/mol. The second-order valence-corrected chi connectivity index (χ2v) is 6.07. The van der Waals surface area contributed by atoms with Crippen LogP contribution in [0.4, 0.5) is 5.69 Å². The minimum atomic E-state index is -0.383. The molecule has 140 valence electrons. The van der Waals surface area contributed by atoms with Crippen molar-refractivity contribution in [2.24, 2.45) is 5.73 Å². The number of hydrogen-bond donors (Lipinski definition) is 2. The number of methoxy groups -OCH3 is 1. The number of nitrogens with one attached hydrogen (secondary N) is 1. The van der Waals surface area contributed by atoms with Crippen molar-refractivity contribution in [3.63, 3.8) is 0 Å². The zero-order chi connectivity index (χ0) is 18.9. The molecule has 6 heteroatoms. The van der Waals surface area contributed by atoms with Crippen LogP contribution >= 0.6 is 0 Å². The third-order valence-corrected chi connectivity index (χ3v) is 3.57. The Hall–Kier alpha value is -2.89. The normalized spacial score (nSPS) is 10.5. The average molecular weight is 358 g/mol. The minimum Gasteiger partial charge on any atom is -0.493 e. The topological polar surface area (TPSA) is 82.8 Å². The van der Waals surface area contributed by atoms with Crippen molar-refractivity contribution < 1.29 is 19.0 Å². The fourth-order valence-electron chi connectivity index (χ4n) is 2.37. The molecule has 0 saturated carbocycles. The summed E-state index contributed by atoms with van der Waals surface area (Å²) >= 11 is 0. The van der Waals surface area contributed by atoms with Crippen molar-refractivity contribution in [2.45, 2.75) is 32.9 Å². The first kappa shape index (κ1) is 19.4. The molecule has 0 bridgehead atoms. The van der Waals surface area contributed by atoms with Gasteiger partial charge in [0.25, 0.3) is 0 Å². The van der Waals surface area contributed by atoms with Gasteiger partial charge >= 0.3 is 0 Å². The molecule has 0 aliphatic carbocycles. The summed E-state index contributed by atoms with van der Waals surface area (Å²) in [6.07, 6.45) is 0.264. The van der Waals surface area contributed by atoms with Crippen LogP contribution in [0.15, 0.2) is 42.5 Å². The Balaban J connectivity index is 2.03. The van der Waals surface area contributed by atoms with E-state index >= 15 is 0 Å². The first-order chi connectivity index (χ1) is 12.5. The van der Waals surface area contributed by atoms with E-state index in [0.717, 1.165) is 17.0 Å². The summed E-state index contributed by atoms with van der Waals surface area (Å²) in [5, 5.41) is 3.34. The molecule has 2 aromatic rings. The number of primary amides is 1. The van der Waals surface area contributed by atoms with E-state index in [9.17, 15) is 4.79 Å². The molecule has 26 heavy (non-hydrogen) atoms. The number of anilines is 1. The molecule has 0 atom stereocenters. The zero-order valence-electron chi connectivity index (χ0n) is 15.5. The number of amides is 1. The Morgan fingerprint density at radius 3 is 2.58 bits per heavy atom. The highest BCUT2D eigenvalue weighted by molar-refractivity contribution is 5.73. The largest absolute Gasteiger partial charge is 0.493 e. The zero-order valence-corrected chi connectivity index (χ0v) is 15.5. The standard InChI is InChI=1S/C20H26N2O4/c1-14(2)26-18-9-8-15(12-19(18)24-3)13-22-16-6-4-5-7-17(16)25-11-10-20(21)23/h4-9,12,14,22H,10-11,13H2,1-3H3,(H2,21,23). The van der Waals surface area contributed by atoms with Gasteiger partial charge in [0, 0.05) is 6.54 Å². The molecule has 0 saturated heterocycles. The maximum Gasteiger partial charge on any atom is 0.220 e. The number of carbonyl (C=O) groups excluding carboxylic acids is 1. The third-order valence-electron chi connectivity index (χ3n) is 3.57. The fourth-order valence-corrected chi connectivity index (χ4v) is 2.37. The van der Waals surface area contributed by atoms with Gasteiger partial charge in [-0.25, -0.2) is 0 Å². The molecular formula is C20H26N2O4. The summed E-state index contributed by atoms with van der Waals surface area (Å²) in [6, 6.07) is 13.4. The lowest BCUT2D eigenvalue weighted by Gasteiger charge is -2.16. The summed E-state index contributed by atoms with van der Waals surface area (Å²) in [7, 11) is 1.63. The number of para-hydroxylation sites is 2. The molecule has 0 unspecified atom stereocenters. The SMILES string of the molecule is COc1cc(CNc2ccccc2OCCC(N)=O)ccc1OC(C)C. The maximum atomic E-state index is 10.8. The number of carbonyl (C=O) groups is 1. The van der Waals surface area contributed by atoms with Crippen molar-refractivity contribution in [1.29, 1.82) is 0 Å². The van der Waals surface area contributed by atoms with Crippen molar-refractivity contribution in [3.8, 4) is 17.2 Å². The summed E-state index contributed by atoms with van der Waals surface area (Å²) in [5.74, 6) is 1.72. The van der Waals surface area contributed by atoms with Crippen LogP contribution in [0.5, 0.6) is 17.2 Å². The summed E-state index contributed by atoms with van der Waals surface area (Å²) in [6.45, 7) is 4.80. The molecule has 0 heterocycles. The molecule has 3 N–H and O–H groups in total. The van der Waals surface area contributed by atoms with E-state index in [-0.39, 0.29) is 25.0 Å². The monoisotopic (exact) mass is 358 g/mol. The van der Waals surface area contributed by atoms with E-state index in [0.29, 0.717) is 18.0 Å².